The van der Waals surface area contributed by atoms with Crippen LogP contribution in [-0.4, -0.2) is 10.2 Å². The molecule has 0 spiro atoms. The first-order chi connectivity index (χ1) is 9.31. The molecule has 0 aliphatic heterocycles. The molecule has 5 heteroatoms. The van der Waals surface area contributed by atoms with Crippen LogP contribution >= 0.6 is 22.9 Å². The fourth-order valence-corrected chi connectivity index (χ4v) is 2.40. The second-order valence-electron chi connectivity index (χ2n) is 3.80. The third-order valence-corrected chi connectivity index (χ3v) is 3.55. The number of nitrogens with zero attached hydrogens (tertiary/aromatic N) is 2. The fraction of sp³-hybridized carbons (Fsp3) is 0. The molecule has 0 aliphatic rings. The topological polar surface area (TPSA) is 35.0 Å². The molecule has 0 unspecified atom stereocenters. The Morgan fingerprint density at radius 2 is 1.63 bits per heavy atom. The lowest BCUT2D eigenvalue weighted by Crippen LogP contribution is -1.81. The third-order valence-electron chi connectivity index (χ3n) is 2.45. The minimum Gasteiger partial charge on any atom is -0.430 e. The van der Waals surface area contributed by atoms with Crippen LogP contribution in [0.5, 0.6) is 10.9 Å². The maximum atomic E-state index is 5.85. The smallest absolute Gasteiger partial charge is 0.299 e. The number of ether oxygens (including phenoxy) is 1. The van der Waals surface area contributed by atoms with Crippen LogP contribution in [0.15, 0.2) is 54.6 Å². The molecular weight excluding hydrogens is 280 g/mol. The van der Waals surface area contributed by atoms with Crippen molar-refractivity contribution in [1.82, 2.24) is 10.2 Å². The van der Waals surface area contributed by atoms with Gasteiger partial charge < -0.3 is 4.74 Å². The van der Waals surface area contributed by atoms with Crippen molar-refractivity contribution in [2.24, 2.45) is 0 Å². The normalized spacial score (nSPS) is 10.4. The Morgan fingerprint density at radius 3 is 2.37 bits per heavy atom. The summed E-state index contributed by atoms with van der Waals surface area (Å²) in [6.07, 6.45) is 0. The first kappa shape index (κ1) is 12.1. The molecule has 1 heterocycles. The van der Waals surface area contributed by atoms with E-state index >= 15 is 0 Å². The molecule has 0 atom stereocenters. The summed E-state index contributed by atoms with van der Waals surface area (Å²) in [5, 5.41) is 10.2. The predicted octanol–water partition coefficient (Wildman–Crippen LogP) is 4.65. The number of para-hydroxylation sites is 1. The van der Waals surface area contributed by atoms with Crippen LogP contribution in [-0.2, 0) is 0 Å². The van der Waals surface area contributed by atoms with Gasteiger partial charge in [0.1, 0.15) is 5.75 Å². The predicted molar refractivity (Wildman–Crippen MR) is 76.9 cm³/mol. The first-order valence-corrected chi connectivity index (χ1v) is 6.83. The lowest BCUT2D eigenvalue weighted by molar-refractivity contribution is 0.473. The first-order valence-electron chi connectivity index (χ1n) is 5.63. The Labute approximate surface area is 119 Å². The minimum atomic E-state index is 0.524. The van der Waals surface area contributed by atoms with E-state index in [9.17, 15) is 0 Å². The van der Waals surface area contributed by atoms with E-state index in [1.165, 1.54) is 11.3 Å². The zero-order valence-electron chi connectivity index (χ0n) is 9.79. The molecule has 0 bridgehead atoms. The third kappa shape index (κ3) is 2.92. The molecule has 0 amide bonds. The minimum absolute atomic E-state index is 0.524. The highest BCUT2D eigenvalue weighted by molar-refractivity contribution is 7.16. The van der Waals surface area contributed by atoms with Crippen molar-refractivity contribution in [3.8, 4) is 21.5 Å². The Morgan fingerprint density at radius 1 is 0.895 bits per heavy atom. The van der Waals surface area contributed by atoms with Crippen molar-refractivity contribution < 1.29 is 4.74 Å². The van der Waals surface area contributed by atoms with Crippen LogP contribution in [0.2, 0.25) is 5.02 Å². The summed E-state index contributed by atoms with van der Waals surface area (Å²) < 4.78 is 5.62. The van der Waals surface area contributed by atoms with Crippen molar-refractivity contribution in [3.05, 3.63) is 59.6 Å². The molecule has 3 nitrogen and oxygen atoms in total. The van der Waals surface area contributed by atoms with Gasteiger partial charge in [0.05, 0.1) is 0 Å². The van der Waals surface area contributed by atoms with E-state index in [4.69, 9.17) is 16.3 Å². The van der Waals surface area contributed by atoms with Crippen molar-refractivity contribution in [1.29, 1.82) is 0 Å². The maximum absolute atomic E-state index is 5.85. The largest absolute Gasteiger partial charge is 0.430 e. The van der Waals surface area contributed by atoms with Crippen LogP contribution in [0.3, 0.4) is 0 Å². The van der Waals surface area contributed by atoms with Crippen molar-refractivity contribution in [2.45, 2.75) is 0 Å². The van der Waals surface area contributed by atoms with E-state index < -0.39 is 0 Å². The summed E-state index contributed by atoms with van der Waals surface area (Å²) in [6.45, 7) is 0. The van der Waals surface area contributed by atoms with E-state index in [1.807, 2.05) is 54.6 Å². The van der Waals surface area contributed by atoms with E-state index in [-0.39, 0.29) is 0 Å². The lowest BCUT2D eigenvalue weighted by Gasteiger charge is -1.98. The summed E-state index contributed by atoms with van der Waals surface area (Å²) in [4.78, 5) is 0. The molecule has 0 aliphatic carbocycles. The van der Waals surface area contributed by atoms with Gasteiger partial charge in [0, 0.05) is 10.6 Å². The van der Waals surface area contributed by atoms with Gasteiger partial charge in [-0.25, -0.2) is 0 Å². The van der Waals surface area contributed by atoms with Crippen LogP contribution in [0.4, 0.5) is 0 Å². The Bertz CT molecular complexity index is 667. The van der Waals surface area contributed by atoms with Crippen LogP contribution < -0.4 is 4.74 Å². The molecule has 0 radical (unpaired) electrons. The molecule has 3 aromatic rings. The van der Waals surface area contributed by atoms with Crippen molar-refractivity contribution in [3.63, 3.8) is 0 Å². The summed E-state index contributed by atoms with van der Waals surface area (Å²) in [5.41, 5.74) is 0.977. The number of halogens is 1. The average Bonchev–Trinajstić information content (AvgIpc) is 2.89. The molecule has 2 aromatic carbocycles. The summed E-state index contributed by atoms with van der Waals surface area (Å²) in [5.74, 6) is 0.751. The van der Waals surface area contributed by atoms with Crippen LogP contribution in [0.1, 0.15) is 0 Å². The maximum Gasteiger partial charge on any atom is 0.299 e. The fourth-order valence-electron chi connectivity index (χ4n) is 1.55. The summed E-state index contributed by atoms with van der Waals surface area (Å²) in [7, 11) is 0. The van der Waals surface area contributed by atoms with Crippen LogP contribution in [0.25, 0.3) is 10.6 Å². The molecule has 94 valence electrons. The zero-order chi connectivity index (χ0) is 13.1. The van der Waals surface area contributed by atoms with Gasteiger partial charge in [0.2, 0.25) is 0 Å². The van der Waals surface area contributed by atoms with Crippen molar-refractivity contribution >= 4 is 22.9 Å². The number of rotatable bonds is 3. The lowest BCUT2D eigenvalue weighted by atomic mass is 10.2. The highest BCUT2D eigenvalue weighted by Crippen LogP contribution is 2.31. The second-order valence-corrected chi connectivity index (χ2v) is 5.17. The van der Waals surface area contributed by atoms with Gasteiger partial charge in [0.15, 0.2) is 5.01 Å². The Kier molecular flexibility index (Phi) is 3.44. The molecule has 0 N–H and O–H groups in total. The molecule has 19 heavy (non-hydrogen) atoms. The highest BCUT2D eigenvalue weighted by atomic mass is 35.5. The Hall–Kier alpha value is -1.91. The SMILES string of the molecule is Clc1ccc(-c2nnc(Oc3ccccc3)s2)cc1. The van der Waals surface area contributed by atoms with Crippen LogP contribution in [0, 0.1) is 0 Å². The number of hydrogen-bond donors (Lipinski definition) is 0. The average molecular weight is 289 g/mol. The van der Waals surface area contributed by atoms with Gasteiger partial charge in [-0.1, -0.05) is 58.4 Å². The van der Waals surface area contributed by atoms with Gasteiger partial charge in [-0.15, -0.1) is 5.10 Å². The van der Waals surface area contributed by atoms with Gasteiger partial charge in [-0.3, -0.25) is 0 Å². The molecule has 0 saturated heterocycles. The molecule has 0 saturated carbocycles. The summed E-state index contributed by atoms with van der Waals surface area (Å²) >= 11 is 7.25. The monoisotopic (exact) mass is 288 g/mol. The molecule has 0 fully saturated rings. The molecular formula is C14H9ClN2OS. The van der Waals surface area contributed by atoms with Gasteiger partial charge in [0.25, 0.3) is 5.19 Å². The number of benzene rings is 2. The van der Waals surface area contributed by atoms with Gasteiger partial charge in [-0.05, 0) is 24.3 Å². The van der Waals surface area contributed by atoms with Gasteiger partial charge in [-0.2, -0.15) is 0 Å². The quantitative estimate of drug-likeness (QED) is 0.703. The van der Waals surface area contributed by atoms with E-state index in [0.29, 0.717) is 10.2 Å². The Balaban J connectivity index is 1.82. The number of aromatic nitrogens is 2. The van der Waals surface area contributed by atoms with Crippen molar-refractivity contribution in [2.75, 3.05) is 0 Å². The molecule has 3 rings (SSSR count). The van der Waals surface area contributed by atoms with E-state index in [1.54, 1.807) is 0 Å². The second kappa shape index (κ2) is 5.38. The summed E-state index contributed by atoms with van der Waals surface area (Å²) in [6, 6.07) is 17.0. The van der Waals surface area contributed by atoms with E-state index in [0.717, 1.165) is 16.3 Å². The van der Waals surface area contributed by atoms with E-state index in [2.05, 4.69) is 10.2 Å². The van der Waals surface area contributed by atoms with Gasteiger partial charge >= 0.3 is 0 Å². The standard InChI is InChI=1S/C14H9ClN2OS/c15-11-8-6-10(7-9-11)13-16-17-14(19-13)18-12-4-2-1-3-5-12/h1-9H. The highest BCUT2D eigenvalue weighted by Gasteiger charge is 2.08. The zero-order valence-corrected chi connectivity index (χ0v) is 11.4. The molecule has 1 aromatic heterocycles. The number of hydrogen-bond acceptors (Lipinski definition) is 4.